The number of rotatable bonds is 30. The van der Waals surface area contributed by atoms with Gasteiger partial charge in [-0.05, 0) is 19.3 Å². The van der Waals surface area contributed by atoms with Crippen molar-refractivity contribution in [1.82, 2.24) is 5.32 Å². The Bertz CT molecular complexity index is 1010. The first-order valence-electron chi connectivity index (χ1n) is 21.2. The van der Waals surface area contributed by atoms with Gasteiger partial charge in [0.05, 0.1) is 32.2 Å². The van der Waals surface area contributed by atoms with Crippen molar-refractivity contribution in [2.75, 3.05) is 13.2 Å². The zero-order valence-electron chi connectivity index (χ0n) is 33.4. The Hall–Kier alpha value is -1.50. The van der Waals surface area contributed by atoms with E-state index in [1.165, 1.54) is 64.2 Å². The lowest BCUT2D eigenvalue weighted by Gasteiger charge is -2.46. The lowest BCUT2D eigenvalue weighted by molar-refractivity contribution is -0.345. The minimum absolute atomic E-state index is 0.194. The van der Waals surface area contributed by atoms with Crippen LogP contribution in [-0.2, 0) is 28.5 Å². The van der Waals surface area contributed by atoms with Crippen LogP contribution in [0.4, 0.5) is 0 Å². The van der Waals surface area contributed by atoms with E-state index < -0.39 is 98.6 Å². The Morgan fingerprint density at radius 2 is 1.13 bits per heavy atom. The molecular formula is C40H75NO14. The molecule has 0 saturated carbocycles. The first-order chi connectivity index (χ1) is 26.5. The third-order valence-electron chi connectivity index (χ3n) is 10.7. The number of carbonyl (C=O) groups is 2. The lowest BCUT2D eigenvalue weighted by Crippen LogP contribution is -2.67. The summed E-state index contributed by atoms with van der Waals surface area (Å²) in [4.78, 5) is 26.3. The lowest BCUT2D eigenvalue weighted by atomic mass is 9.95. The highest BCUT2D eigenvalue weighted by Gasteiger charge is 2.51. The van der Waals surface area contributed by atoms with Gasteiger partial charge in [-0.2, -0.15) is 0 Å². The van der Waals surface area contributed by atoms with Crippen LogP contribution in [0.5, 0.6) is 0 Å². The van der Waals surface area contributed by atoms with Crippen LogP contribution in [0.1, 0.15) is 155 Å². The number of carbonyl (C=O) groups excluding carboxylic acids is 2. The third-order valence-corrected chi connectivity index (χ3v) is 10.7. The highest BCUT2D eigenvalue weighted by molar-refractivity contribution is 5.77. The molecule has 0 aromatic carbocycles. The number of nitrogens with one attached hydrogen (secondary N) is 1. The molecule has 0 bridgehead atoms. The van der Waals surface area contributed by atoms with E-state index in [0.717, 1.165) is 44.9 Å². The molecule has 15 nitrogen and oxygen atoms in total. The molecule has 15 heteroatoms. The quantitative estimate of drug-likeness (QED) is 0.0375. The first-order valence-corrected chi connectivity index (χ1v) is 21.2. The summed E-state index contributed by atoms with van der Waals surface area (Å²) in [7, 11) is 0. The third kappa shape index (κ3) is 18.8. The van der Waals surface area contributed by atoms with Crippen LogP contribution in [0.25, 0.3) is 0 Å². The molecule has 9 N–H and O–H groups in total. The number of hydrogen-bond donors (Lipinski definition) is 9. The van der Waals surface area contributed by atoms with Gasteiger partial charge in [-0.3, -0.25) is 9.59 Å². The molecule has 2 aliphatic rings. The van der Waals surface area contributed by atoms with Gasteiger partial charge in [0.1, 0.15) is 54.9 Å². The second-order valence-corrected chi connectivity index (χ2v) is 15.5. The topological polar surface area (TPSA) is 245 Å². The molecule has 2 rings (SSSR count). The second-order valence-electron chi connectivity index (χ2n) is 15.5. The van der Waals surface area contributed by atoms with Gasteiger partial charge in [-0.15, -0.1) is 0 Å². The van der Waals surface area contributed by atoms with Crippen LogP contribution in [-0.4, -0.2) is 140 Å². The molecular weight excluding hydrogens is 718 g/mol. The van der Waals surface area contributed by atoms with Gasteiger partial charge in [-0.25, -0.2) is 0 Å². The van der Waals surface area contributed by atoms with Crippen molar-refractivity contribution in [2.24, 2.45) is 0 Å². The molecule has 55 heavy (non-hydrogen) atoms. The number of aliphatic hydroxyl groups is 8. The fourth-order valence-electron chi connectivity index (χ4n) is 7.30. The molecule has 324 valence electrons. The van der Waals surface area contributed by atoms with Crippen molar-refractivity contribution < 1.29 is 69.4 Å². The number of unbranched alkanes of at least 4 members (excludes halogenated alkanes) is 16. The van der Waals surface area contributed by atoms with E-state index in [2.05, 4.69) is 19.2 Å². The summed E-state index contributed by atoms with van der Waals surface area (Å²) in [6.45, 7) is 2.90. The Balaban J connectivity index is 1.97. The standard InChI is InChI=1S/C40H75NO14/c1-3-5-7-9-11-13-15-17-19-21-27(44)23-32(46)52-28(22-20-18-16-14-12-10-8-6-4-2)24-31(45)41-33-35(48)38(30(26-43)53-39(33)51)55-40-37(50)36(49)34(47)29(25-42)54-40/h27-30,33-40,42-44,47-51H,3-26H2,1-2H3,(H,41,45)/t27-,28-,29-,30-,33-,34-,35-,36+,37+,38-,39-,40+/m1/s1. The average Bonchev–Trinajstić information content (AvgIpc) is 3.15. The van der Waals surface area contributed by atoms with Crippen LogP contribution in [0, 0.1) is 0 Å². The second kappa shape index (κ2) is 28.8. The van der Waals surface area contributed by atoms with Gasteiger partial charge in [0.2, 0.25) is 5.91 Å². The van der Waals surface area contributed by atoms with Crippen LogP contribution < -0.4 is 5.32 Å². The number of aliphatic hydroxyl groups excluding tert-OH is 8. The minimum Gasteiger partial charge on any atom is -0.462 e. The van der Waals surface area contributed by atoms with Gasteiger partial charge < -0.3 is 65.1 Å². The Morgan fingerprint density at radius 1 is 0.618 bits per heavy atom. The molecule has 0 unspecified atom stereocenters. The normalized spacial score (nSPS) is 29.5. The summed E-state index contributed by atoms with van der Waals surface area (Å²) < 4.78 is 22.2. The molecule has 0 aromatic heterocycles. The maximum Gasteiger partial charge on any atom is 0.308 e. The van der Waals surface area contributed by atoms with Crippen LogP contribution in [0.2, 0.25) is 0 Å². The number of esters is 1. The fourth-order valence-corrected chi connectivity index (χ4v) is 7.30. The Labute approximate surface area is 328 Å². The molecule has 2 saturated heterocycles. The van der Waals surface area contributed by atoms with Crippen molar-refractivity contribution in [2.45, 2.75) is 229 Å². The molecule has 2 heterocycles. The molecule has 0 aromatic rings. The van der Waals surface area contributed by atoms with Crippen molar-refractivity contribution in [3.8, 4) is 0 Å². The molecule has 2 aliphatic heterocycles. The van der Waals surface area contributed by atoms with Crippen LogP contribution in [0.3, 0.4) is 0 Å². The van der Waals surface area contributed by atoms with E-state index in [-0.39, 0.29) is 12.8 Å². The van der Waals surface area contributed by atoms with Gasteiger partial charge in [0, 0.05) is 0 Å². The number of hydrogen-bond acceptors (Lipinski definition) is 14. The van der Waals surface area contributed by atoms with Crippen molar-refractivity contribution >= 4 is 11.9 Å². The van der Waals surface area contributed by atoms with E-state index in [1.807, 2.05) is 0 Å². The predicted molar refractivity (Wildman–Crippen MR) is 203 cm³/mol. The molecule has 2 fully saturated rings. The van der Waals surface area contributed by atoms with Crippen molar-refractivity contribution in [1.29, 1.82) is 0 Å². The number of amides is 1. The maximum absolute atomic E-state index is 13.4. The summed E-state index contributed by atoms with van der Waals surface area (Å²) in [6.07, 6.45) is 4.05. The first kappa shape index (κ1) is 49.6. The summed E-state index contributed by atoms with van der Waals surface area (Å²) in [5, 5.41) is 85.2. The maximum atomic E-state index is 13.4. The summed E-state index contributed by atoms with van der Waals surface area (Å²) in [5.41, 5.74) is 0. The molecule has 12 atom stereocenters. The highest BCUT2D eigenvalue weighted by Crippen LogP contribution is 2.29. The van der Waals surface area contributed by atoms with Crippen molar-refractivity contribution in [3.05, 3.63) is 0 Å². The van der Waals surface area contributed by atoms with E-state index >= 15 is 0 Å². The van der Waals surface area contributed by atoms with E-state index in [4.69, 9.17) is 18.9 Å². The summed E-state index contributed by atoms with van der Waals surface area (Å²) >= 11 is 0. The Morgan fingerprint density at radius 3 is 1.65 bits per heavy atom. The van der Waals surface area contributed by atoms with E-state index in [9.17, 15) is 50.4 Å². The number of ether oxygens (including phenoxy) is 4. The SMILES string of the molecule is CCCCCCCCCCC[C@@H](O)CC(=O)O[C@H](CCCCCCCCCCC)CC(=O)N[C@@H]1[C@@H](O)[C@H](O[C@@H]2O[C@H](CO)[C@@H](O)[C@H](O)[C@@H]2O)[C@@H](CO)O[C@H]1O. The smallest absolute Gasteiger partial charge is 0.308 e. The fraction of sp³-hybridized carbons (Fsp3) is 0.950. The largest absolute Gasteiger partial charge is 0.462 e. The zero-order valence-corrected chi connectivity index (χ0v) is 33.4. The van der Waals surface area contributed by atoms with Gasteiger partial charge in [0.25, 0.3) is 0 Å². The molecule has 0 aliphatic carbocycles. The van der Waals surface area contributed by atoms with Gasteiger partial charge in [-0.1, -0.05) is 123 Å². The average molecular weight is 794 g/mol. The highest BCUT2D eigenvalue weighted by atomic mass is 16.7. The van der Waals surface area contributed by atoms with Gasteiger partial charge in [0.15, 0.2) is 12.6 Å². The Kier molecular flexibility index (Phi) is 26.0. The van der Waals surface area contributed by atoms with Crippen molar-refractivity contribution in [3.63, 3.8) is 0 Å². The molecule has 1 amide bonds. The summed E-state index contributed by atoms with van der Waals surface area (Å²) in [6, 6.07) is -1.49. The molecule has 0 spiro atoms. The van der Waals surface area contributed by atoms with Crippen LogP contribution in [0.15, 0.2) is 0 Å². The zero-order chi connectivity index (χ0) is 40.6. The summed E-state index contributed by atoms with van der Waals surface area (Å²) in [5.74, 6) is -1.29. The minimum atomic E-state index is -1.82. The van der Waals surface area contributed by atoms with E-state index in [0.29, 0.717) is 19.3 Å². The van der Waals surface area contributed by atoms with E-state index in [1.54, 1.807) is 0 Å². The molecule has 0 radical (unpaired) electrons. The van der Waals surface area contributed by atoms with Crippen LogP contribution >= 0.6 is 0 Å². The predicted octanol–water partition coefficient (Wildman–Crippen LogP) is 2.62. The monoisotopic (exact) mass is 794 g/mol. The van der Waals surface area contributed by atoms with Gasteiger partial charge >= 0.3 is 5.97 Å².